The number of hydrogen-bond acceptors (Lipinski definition) is 9. The van der Waals surface area contributed by atoms with Crippen LogP contribution in [-0.2, 0) is 25.5 Å². The van der Waals surface area contributed by atoms with Crippen LogP contribution in [0.1, 0.15) is 50.2 Å². The van der Waals surface area contributed by atoms with E-state index in [2.05, 4.69) is 36.0 Å². The lowest BCUT2D eigenvalue weighted by atomic mass is 10.1. The number of fused-ring (bicyclic) bond motifs is 2. The van der Waals surface area contributed by atoms with Crippen molar-refractivity contribution in [1.82, 2.24) is 29.9 Å². The maximum atomic E-state index is 8.91. The van der Waals surface area contributed by atoms with Crippen molar-refractivity contribution in [2.45, 2.75) is 65.4 Å². The van der Waals surface area contributed by atoms with E-state index in [0.717, 1.165) is 56.2 Å². The Morgan fingerprint density at radius 2 is 1.03 bits per heavy atom. The summed E-state index contributed by atoms with van der Waals surface area (Å²) < 4.78 is 24.0. The van der Waals surface area contributed by atoms with Crippen LogP contribution in [0.2, 0.25) is 0 Å². The van der Waals surface area contributed by atoms with E-state index in [4.69, 9.17) is 35.8 Å². The van der Waals surface area contributed by atoms with Crippen LogP contribution in [0.5, 0.6) is 23.0 Å². The summed E-state index contributed by atoms with van der Waals surface area (Å²) in [6.07, 6.45) is 0.308. The van der Waals surface area contributed by atoms with Gasteiger partial charge in [0, 0.05) is 0 Å². The summed E-state index contributed by atoms with van der Waals surface area (Å²) in [5.74, 6) is 4.60. The Morgan fingerprint density at radius 3 is 1.47 bits per heavy atom. The Morgan fingerprint density at radius 1 is 0.576 bits per heavy atom. The van der Waals surface area contributed by atoms with E-state index in [9.17, 15) is 0 Å². The molecule has 0 fully saturated rings. The fourth-order valence-corrected chi connectivity index (χ4v) is 6.28. The van der Waals surface area contributed by atoms with Crippen LogP contribution in [0, 0.1) is 11.3 Å². The third kappa shape index (κ3) is 10.5. The minimum absolute atomic E-state index is 0.0181. The molecule has 0 aliphatic rings. The number of halogens is 1. The topological polar surface area (TPSA) is 144 Å². The molecule has 11 nitrogen and oxygen atoms in total. The van der Waals surface area contributed by atoms with Gasteiger partial charge in [-0.2, -0.15) is 5.26 Å². The van der Waals surface area contributed by atoms with E-state index in [1.807, 2.05) is 149 Å². The molecule has 0 saturated carbocycles. The minimum atomic E-state index is 0.0181. The summed E-state index contributed by atoms with van der Waals surface area (Å²) in [5, 5.41) is 8.91. The fourth-order valence-electron chi connectivity index (χ4n) is 6.14. The lowest BCUT2D eigenvalue weighted by Crippen LogP contribution is -2.07. The van der Waals surface area contributed by atoms with Crippen molar-refractivity contribution < 1.29 is 18.9 Å². The van der Waals surface area contributed by atoms with Gasteiger partial charge in [-0.15, -0.1) is 11.6 Å². The Bertz CT molecular complexity index is 2670. The van der Waals surface area contributed by atoms with E-state index >= 15 is 0 Å². The highest BCUT2D eigenvalue weighted by Gasteiger charge is 2.17. The predicted octanol–water partition coefficient (Wildman–Crippen LogP) is 10.8. The second-order valence-corrected chi connectivity index (χ2v) is 14.5. The van der Waals surface area contributed by atoms with Gasteiger partial charge in [-0.05, 0) is 99.5 Å². The molecule has 4 aromatic carbocycles. The number of imidazole rings is 2. The second-order valence-electron chi connectivity index (χ2n) is 14.2. The number of alkyl halides is 1. The zero-order valence-corrected chi connectivity index (χ0v) is 34.0. The lowest BCUT2D eigenvalue weighted by Gasteiger charge is -2.15. The van der Waals surface area contributed by atoms with Gasteiger partial charge in [0.15, 0.2) is 11.3 Å². The minimum Gasteiger partial charge on any atom is -0.490 e. The molecule has 0 aliphatic carbocycles. The zero-order chi connectivity index (χ0) is 41.1. The van der Waals surface area contributed by atoms with E-state index in [0.29, 0.717) is 53.5 Å². The molecule has 59 heavy (non-hydrogen) atoms. The Balaban J connectivity index is 0.000000179. The highest BCUT2D eigenvalue weighted by Crippen LogP contribution is 2.35. The van der Waals surface area contributed by atoms with Gasteiger partial charge in [-0.3, -0.25) is 0 Å². The van der Waals surface area contributed by atoms with Crippen LogP contribution in [0.25, 0.3) is 45.1 Å². The number of aromatic nitrogens is 6. The number of nitriles is 1. The normalized spacial score (nSPS) is 11.0. The molecular formula is C47H44ClN7O4. The van der Waals surface area contributed by atoms with Gasteiger partial charge in [0.2, 0.25) is 0 Å². The molecule has 0 saturated heterocycles. The molecule has 298 valence electrons. The maximum absolute atomic E-state index is 8.91. The molecule has 0 bridgehead atoms. The first-order valence-electron chi connectivity index (χ1n) is 19.3. The maximum Gasteiger partial charge on any atom is 0.178 e. The van der Waals surface area contributed by atoms with Gasteiger partial charge in [-0.25, -0.2) is 19.9 Å². The Hall–Kier alpha value is -6.90. The fraction of sp³-hybridized carbons (Fsp3) is 0.213. The molecule has 2 N–H and O–H groups in total. The van der Waals surface area contributed by atoms with Crippen LogP contribution in [-0.4, -0.2) is 42.1 Å². The van der Waals surface area contributed by atoms with Crippen molar-refractivity contribution in [3.05, 3.63) is 144 Å². The molecule has 4 heterocycles. The van der Waals surface area contributed by atoms with Crippen LogP contribution >= 0.6 is 11.6 Å². The molecule has 4 aromatic heterocycles. The predicted molar refractivity (Wildman–Crippen MR) is 231 cm³/mol. The molecule has 0 aliphatic heterocycles. The average molecular weight is 806 g/mol. The second kappa shape index (κ2) is 19.0. The molecule has 8 rings (SSSR count). The largest absolute Gasteiger partial charge is 0.490 e. The number of benzene rings is 4. The number of ether oxygens (including phenoxy) is 4. The van der Waals surface area contributed by atoms with Crippen molar-refractivity contribution in [1.29, 1.82) is 5.26 Å². The van der Waals surface area contributed by atoms with Crippen LogP contribution in [0.4, 0.5) is 0 Å². The third-order valence-corrected chi connectivity index (χ3v) is 9.11. The van der Waals surface area contributed by atoms with Gasteiger partial charge in [0.25, 0.3) is 0 Å². The monoisotopic (exact) mass is 805 g/mol. The molecule has 0 radical (unpaired) electrons. The molecule has 0 spiro atoms. The molecule has 0 atom stereocenters. The summed E-state index contributed by atoms with van der Waals surface area (Å²) in [4.78, 5) is 24.9. The number of aromatic amines is 2. The zero-order valence-electron chi connectivity index (χ0n) is 33.3. The number of nitrogens with one attached hydrogen (secondary N) is 2. The van der Waals surface area contributed by atoms with Gasteiger partial charge in [-0.1, -0.05) is 60.7 Å². The molecule has 12 heteroatoms. The van der Waals surface area contributed by atoms with E-state index in [1.165, 1.54) is 0 Å². The van der Waals surface area contributed by atoms with Crippen LogP contribution in [0.15, 0.2) is 121 Å². The molecule has 0 unspecified atom stereocenters. The number of hydrogen-bond donors (Lipinski definition) is 2. The van der Waals surface area contributed by atoms with Gasteiger partial charge in [0.1, 0.15) is 47.9 Å². The summed E-state index contributed by atoms with van der Waals surface area (Å²) in [7, 11) is 0. The lowest BCUT2D eigenvalue weighted by molar-refractivity contribution is 0.242. The van der Waals surface area contributed by atoms with Crippen LogP contribution in [0.3, 0.4) is 0 Å². The van der Waals surface area contributed by atoms with E-state index in [1.54, 1.807) is 0 Å². The Kier molecular flexibility index (Phi) is 13.0. The highest BCUT2D eigenvalue weighted by atomic mass is 35.5. The summed E-state index contributed by atoms with van der Waals surface area (Å²) >= 11 is 5.90. The van der Waals surface area contributed by atoms with E-state index < -0.39 is 0 Å². The van der Waals surface area contributed by atoms with Crippen LogP contribution < -0.4 is 18.9 Å². The number of pyridine rings is 2. The smallest absolute Gasteiger partial charge is 0.178 e. The van der Waals surface area contributed by atoms with Gasteiger partial charge < -0.3 is 28.9 Å². The standard InChI is InChI=1S/C24H22N4O2.C23H22ClN3O2/c1-16(2)30-22-11-9-19(29-15-17-6-4-3-5-7-17)14-20(22)23-27-21-10-8-18(12-13-25)26-24(21)28-23;1-15(2)29-21-11-9-18(28-14-16-6-4-3-5-7-16)12-19(21)22-26-20-10-8-17(13-24)25-23(20)27-22/h3-11,14,16H,12,15H2,1-2H3,(H,26,27,28);3-12,15H,13-14H2,1-2H3,(H,25,26,27). The number of nitrogens with zero attached hydrogens (tertiary/aromatic N) is 5. The number of rotatable bonds is 14. The average Bonchev–Trinajstić information content (AvgIpc) is 3.88. The summed E-state index contributed by atoms with van der Waals surface area (Å²) in [6, 6.07) is 41.3. The first kappa shape index (κ1) is 40.3. The molecule has 8 aromatic rings. The Labute approximate surface area is 348 Å². The van der Waals surface area contributed by atoms with Gasteiger partial charge >= 0.3 is 0 Å². The number of H-pyrrole nitrogens is 2. The van der Waals surface area contributed by atoms with Crippen molar-refractivity contribution in [2.75, 3.05) is 0 Å². The first-order valence-corrected chi connectivity index (χ1v) is 19.9. The van der Waals surface area contributed by atoms with Crippen molar-refractivity contribution in [3.63, 3.8) is 0 Å². The van der Waals surface area contributed by atoms with Crippen molar-refractivity contribution in [3.8, 4) is 51.8 Å². The highest BCUT2D eigenvalue weighted by molar-refractivity contribution is 6.16. The molecule has 0 amide bonds. The van der Waals surface area contributed by atoms with Gasteiger partial charge in [0.05, 0.1) is 64.1 Å². The van der Waals surface area contributed by atoms with Crippen molar-refractivity contribution >= 4 is 33.9 Å². The third-order valence-electron chi connectivity index (χ3n) is 8.84. The quantitative estimate of drug-likeness (QED) is 0.103. The first-order chi connectivity index (χ1) is 28.7. The summed E-state index contributed by atoms with van der Waals surface area (Å²) in [5.41, 5.74) is 8.17. The van der Waals surface area contributed by atoms with Crippen molar-refractivity contribution in [2.24, 2.45) is 0 Å². The van der Waals surface area contributed by atoms with E-state index in [-0.39, 0.29) is 18.6 Å². The molecular weight excluding hydrogens is 762 g/mol. The SMILES string of the molecule is CC(C)Oc1ccc(OCc2ccccc2)cc1-c1nc2nc(CC#N)ccc2[nH]1.CC(C)Oc1ccc(OCc2ccccc2)cc1-c1nc2nc(CCl)ccc2[nH]1. The summed E-state index contributed by atoms with van der Waals surface area (Å²) in [6.45, 7) is 8.93.